The molecule has 0 saturated heterocycles. The number of nitrogens with one attached hydrogen (secondary N) is 1. The highest BCUT2D eigenvalue weighted by molar-refractivity contribution is 6.75. The SMILES string of the molecule is CCNC(C)CC.[SiH3][SiH3]. The minimum atomic E-state index is 0.699. The fourth-order valence-electron chi connectivity index (χ4n) is 0.493. The fraction of sp³-hybridized carbons (Fsp3) is 1.00. The summed E-state index contributed by atoms with van der Waals surface area (Å²) in [6.07, 6.45) is 1.23. The van der Waals surface area contributed by atoms with Crippen LogP contribution in [0.5, 0.6) is 0 Å². The van der Waals surface area contributed by atoms with Crippen molar-refractivity contribution in [3.63, 3.8) is 0 Å². The Morgan fingerprint density at radius 2 is 1.78 bits per heavy atom. The Hall–Kier alpha value is 0.394. The van der Waals surface area contributed by atoms with Crippen LogP contribution in [-0.2, 0) is 0 Å². The lowest BCUT2D eigenvalue weighted by molar-refractivity contribution is 0.553. The Morgan fingerprint density at radius 3 is 1.89 bits per heavy atom. The minimum absolute atomic E-state index is 0.699. The number of hydrogen-bond acceptors (Lipinski definition) is 1. The molecule has 0 spiro atoms. The molecule has 1 atom stereocenters. The highest BCUT2D eigenvalue weighted by Crippen LogP contribution is 1.84. The van der Waals surface area contributed by atoms with Crippen molar-refractivity contribution in [2.24, 2.45) is 0 Å². The summed E-state index contributed by atoms with van der Waals surface area (Å²) in [7, 11) is 2.89. The second kappa shape index (κ2) is 11.2. The average Bonchev–Trinajstić information content (AvgIpc) is 1.93. The van der Waals surface area contributed by atoms with Gasteiger partial charge >= 0.3 is 0 Å². The lowest BCUT2D eigenvalue weighted by Crippen LogP contribution is -2.24. The van der Waals surface area contributed by atoms with Crippen LogP contribution in [0.25, 0.3) is 0 Å². The molecule has 0 heterocycles. The summed E-state index contributed by atoms with van der Waals surface area (Å²) in [5.41, 5.74) is 0. The molecule has 0 aromatic heterocycles. The Labute approximate surface area is 65.3 Å². The molecule has 1 nitrogen and oxygen atoms in total. The summed E-state index contributed by atoms with van der Waals surface area (Å²) in [5, 5.41) is 3.30. The van der Waals surface area contributed by atoms with E-state index in [1.54, 1.807) is 0 Å². The Morgan fingerprint density at radius 1 is 1.33 bits per heavy atom. The first-order valence-electron chi connectivity index (χ1n) is 4.04. The zero-order valence-electron chi connectivity index (χ0n) is 7.49. The van der Waals surface area contributed by atoms with Gasteiger partial charge in [-0.25, -0.2) is 0 Å². The van der Waals surface area contributed by atoms with Crippen LogP contribution in [0.2, 0.25) is 0 Å². The van der Waals surface area contributed by atoms with Gasteiger partial charge in [-0.15, -0.1) is 0 Å². The molecule has 0 fully saturated rings. The quantitative estimate of drug-likeness (QED) is 0.528. The van der Waals surface area contributed by atoms with Gasteiger partial charge in [-0.1, -0.05) is 13.8 Å². The normalized spacial score (nSPS) is 12.3. The predicted octanol–water partition coefficient (Wildman–Crippen LogP) is -0.973. The van der Waals surface area contributed by atoms with Crippen molar-refractivity contribution in [2.45, 2.75) is 33.2 Å². The van der Waals surface area contributed by atoms with Crippen LogP contribution in [0.1, 0.15) is 27.2 Å². The predicted molar refractivity (Wildman–Crippen MR) is 53.3 cm³/mol. The van der Waals surface area contributed by atoms with Crippen molar-refractivity contribution in [3.8, 4) is 0 Å². The Balaban J connectivity index is 0. The minimum Gasteiger partial charge on any atom is -0.315 e. The van der Waals surface area contributed by atoms with E-state index in [2.05, 4.69) is 26.1 Å². The summed E-state index contributed by atoms with van der Waals surface area (Å²) in [6, 6.07) is 0.699. The summed E-state index contributed by atoms with van der Waals surface area (Å²) in [4.78, 5) is 0. The highest BCUT2D eigenvalue weighted by Gasteiger charge is 1.90. The van der Waals surface area contributed by atoms with Gasteiger partial charge in [-0.2, -0.15) is 0 Å². The van der Waals surface area contributed by atoms with Crippen LogP contribution in [0.15, 0.2) is 0 Å². The van der Waals surface area contributed by atoms with Gasteiger partial charge in [0.05, 0.1) is 0 Å². The highest BCUT2D eigenvalue weighted by atomic mass is 29.1. The summed E-state index contributed by atoms with van der Waals surface area (Å²) < 4.78 is 0. The molecule has 1 unspecified atom stereocenters. The van der Waals surface area contributed by atoms with Crippen molar-refractivity contribution in [1.82, 2.24) is 5.32 Å². The molecule has 0 aromatic rings. The average molecular weight is 163 g/mol. The zero-order valence-corrected chi connectivity index (χ0v) is 11.5. The standard InChI is InChI=1S/C6H15N.H6Si2/c1-4-6(3)7-5-2;1-2/h6-7H,4-5H2,1-3H3;1-2H3. The van der Waals surface area contributed by atoms with Crippen LogP contribution < -0.4 is 5.32 Å². The summed E-state index contributed by atoms with van der Waals surface area (Å²) in [5.74, 6) is 0. The lowest BCUT2D eigenvalue weighted by Gasteiger charge is -2.06. The second-order valence-corrected chi connectivity index (χ2v) is 1.87. The molecule has 0 amide bonds. The molecule has 0 aliphatic carbocycles. The van der Waals surface area contributed by atoms with E-state index in [4.69, 9.17) is 0 Å². The maximum Gasteiger partial charge on any atom is 0.00359 e. The van der Waals surface area contributed by atoms with Crippen LogP contribution >= 0.6 is 0 Å². The van der Waals surface area contributed by atoms with Crippen molar-refractivity contribution < 1.29 is 0 Å². The molecule has 0 bridgehead atoms. The van der Waals surface area contributed by atoms with Gasteiger partial charge in [-0.3, -0.25) is 0 Å². The van der Waals surface area contributed by atoms with Gasteiger partial charge < -0.3 is 5.32 Å². The maximum atomic E-state index is 3.30. The first kappa shape index (κ1) is 12.1. The van der Waals surface area contributed by atoms with Crippen molar-refractivity contribution >= 4 is 19.5 Å². The van der Waals surface area contributed by atoms with Crippen molar-refractivity contribution in [2.75, 3.05) is 6.54 Å². The van der Waals surface area contributed by atoms with E-state index in [0.717, 1.165) is 6.54 Å². The van der Waals surface area contributed by atoms with E-state index < -0.39 is 0 Å². The van der Waals surface area contributed by atoms with E-state index in [1.807, 2.05) is 0 Å². The topological polar surface area (TPSA) is 12.0 Å². The molecule has 1 N–H and O–H groups in total. The fourth-order valence-corrected chi connectivity index (χ4v) is 0.493. The molecule has 0 rings (SSSR count). The zero-order chi connectivity index (χ0) is 7.70. The number of rotatable bonds is 3. The van der Waals surface area contributed by atoms with Gasteiger partial charge in [0, 0.05) is 6.04 Å². The maximum absolute atomic E-state index is 3.30. The van der Waals surface area contributed by atoms with Gasteiger partial charge in [0.2, 0.25) is 0 Å². The van der Waals surface area contributed by atoms with E-state index in [0.29, 0.717) is 6.04 Å². The van der Waals surface area contributed by atoms with Crippen LogP contribution in [0.4, 0.5) is 0 Å². The molecule has 0 aliphatic heterocycles. The summed E-state index contributed by atoms with van der Waals surface area (Å²) in [6.45, 7) is 7.61. The molecule has 9 heavy (non-hydrogen) atoms. The first-order chi connectivity index (χ1) is 4.31. The number of hydrogen-bond donors (Lipinski definition) is 1. The Bertz CT molecular complexity index is 42.0. The van der Waals surface area contributed by atoms with E-state index in [1.165, 1.54) is 25.9 Å². The lowest BCUT2D eigenvalue weighted by atomic mass is 10.3. The van der Waals surface area contributed by atoms with Gasteiger partial charge in [0.15, 0.2) is 0 Å². The molecular formula is C6H21NSi2. The molecule has 0 aromatic carbocycles. The first-order valence-corrected chi connectivity index (χ1v) is 12.0. The largest absolute Gasteiger partial charge is 0.315 e. The molecular weight excluding hydrogens is 142 g/mol. The van der Waals surface area contributed by atoms with E-state index >= 15 is 0 Å². The van der Waals surface area contributed by atoms with Crippen molar-refractivity contribution in [3.05, 3.63) is 0 Å². The molecule has 0 aliphatic rings. The third kappa shape index (κ3) is 11.8. The van der Waals surface area contributed by atoms with Gasteiger partial charge in [0.1, 0.15) is 0 Å². The molecule has 0 saturated carbocycles. The molecule has 58 valence electrons. The monoisotopic (exact) mass is 163 g/mol. The van der Waals surface area contributed by atoms with Gasteiger partial charge in [0.25, 0.3) is 0 Å². The summed E-state index contributed by atoms with van der Waals surface area (Å²) >= 11 is 0. The van der Waals surface area contributed by atoms with Crippen LogP contribution in [-0.4, -0.2) is 32.1 Å². The van der Waals surface area contributed by atoms with Crippen LogP contribution in [0, 0.1) is 0 Å². The van der Waals surface area contributed by atoms with Crippen molar-refractivity contribution in [1.29, 1.82) is 0 Å². The van der Waals surface area contributed by atoms with Crippen LogP contribution in [0.3, 0.4) is 0 Å². The second-order valence-electron chi connectivity index (χ2n) is 1.87. The van der Waals surface area contributed by atoms with E-state index in [-0.39, 0.29) is 0 Å². The smallest absolute Gasteiger partial charge is 0.00359 e. The Kier molecular flexibility index (Phi) is 15.1. The van der Waals surface area contributed by atoms with E-state index in [9.17, 15) is 0 Å². The molecule has 3 heteroatoms. The third-order valence-corrected chi connectivity index (χ3v) is 1.16. The van der Waals surface area contributed by atoms with Gasteiger partial charge in [-0.05, 0) is 39.4 Å². The molecule has 0 radical (unpaired) electrons. The third-order valence-electron chi connectivity index (χ3n) is 1.16.